The second-order valence-electron chi connectivity index (χ2n) is 10.7. The van der Waals surface area contributed by atoms with Crippen LogP contribution in [0.5, 0.6) is 5.75 Å². The molecule has 0 aromatic heterocycles. The molecule has 37 heavy (non-hydrogen) atoms. The van der Waals surface area contributed by atoms with E-state index < -0.39 is 17.7 Å². The van der Waals surface area contributed by atoms with Gasteiger partial charge in [-0.3, -0.25) is 9.59 Å². The summed E-state index contributed by atoms with van der Waals surface area (Å²) in [7, 11) is 0. The number of carbonyl (C=O) groups excluding carboxylic acids is 2. The zero-order valence-electron chi connectivity index (χ0n) is 23.4. The van der Waals surface area contributed by atoms with Crippen LogP contribution in [-0.4, -0.2) is 59.4 Å². The molecule has 0 bridgehead atoms. The molecule has 2 aromatic carbocycles. The summed E-state index contributed by atoms with van der Waals surface area (Å²) >= 11 is 0. The molecule has 1 aliphatic rings. The van der Waals surface area contributed by atoms with Crippen LogP contribution < -0.4 is 4.74 Å². The molecule has 1 heterocycles. The van der Waals surface area contributed by atoms with E-state index in [0.717, 1.165) is 42.0 Å². The third kappa shape index (κ3) is 6.24. The van der Waals surface area contributed by atoms with Crippen LogP contribution in [0, 0.1) is 6.92 Å². The van der Waals surface area contributed by atoms with E-state index in [9.17, 15) is 14.7 Å². The van der Waals surface area contributed by atoms with Gasteiger partial charge in [-0.15, -0.1) is 0 Å². The maximum Gasteiger partial charge on any atom is 0.295 e. The Morgan fingerprint density at radius 3 is 2.22 bits per heavy atom. The number of hydrogen-bond donors (Lipinski definition) is 1. The molecule has 1 fully saturated rings. The van der Waals surface area contributed by atoms with Gasteiger partial charge in [0.15, 0.2) is 0 Å². The SMILES string of the molecule is CCCOc1ccc(C(O)=C2C(=O)C(=O)N(CCN(CC)CC)[C@@H]2c2ccc(C(C)(C)C)cc2)cc1C. The number of aliphatic hydroxyl groups excluding tert-OH is 1. The predicted molar refractivity (Wildman–Crippen MR) is 149 cm³/mol. The number of aryl methyl sites for hydroxylation is 1. The fraction of sp³-hybridized carbons (Fsp3) is 0.484. The summed E-state index contributed by atoms with van der Waals surface area (Å²) < 4.78 is 5.77. The molecule has 2 aromatic rings. The van der Waals surface area contributed by atoms with Crippen LogP contribution in [-0.2, 0) is 15.0 Å². The standard InChI is InChI=1S/C31H42N2O4/c1-8-19-37-25-16-13-23(20-21(25)4)28(34)26-27(22-11-14-24(15-12-22)31(5,6)7)33(30(36)29(26)35)18-17-32(9-2)10-3/h11-16,20,27,34H,8-10,17-19H2,1-7H3/t27-/m1/s1. The predicted octanol–water partition coefficient (Wildman–Crippen LogP) is 5.84. The van der Waals surface area contributed by atoms with Gasteiger partial charge in [0.2, 0.25) is 0 Å². The molecule has 0 spiro atoms. The van der Waals surface area contributed by atoms with Crippen molar-refractivity contribution >= 4 is 17.4 Å². The minimum Gasteiger partial charge on any atom is -0.507 e. The maximum absolute atomic E-state index is 13.4. The van der Waals surface area contributed by atoms with Gasteiger partial charge in [0.1, 0.15) is 11.5 Å². The molecule has 0 radical (unpaired) electrons. The van der Waals surface area contributed by atoms with Crippen LogP contribution in [0.3, 0.4) is 0 Å². The number of hydrogen-bond acceptors (Lipinski definition) is 5. The van der Waals surface area contributed by atoms with Crippen LogP contribution >= 0.6 is 0 Å². The first-order chi connectivity index (χ1) is 17.5. The molecule has 0 aliphatic carbocycles. The lowest BCUT2D eigenvalue weighted by atomic mass is 9.85. The van der Waals surface area contributed by atoms with E-state index in [0.29, 0.717) is 25.3 Å². The topological polar surface area (TPSA) is 70.1 Å². The molecule has 6 heteroatoms. The van der Waals surface area contributed by atoms with Gasteiger partial charge in [-0.05, 0) is 66.7 Å². The van der Waals surface area contributed by atoms with E-state index in [-0.39, 0.29) is 16.7 Å². The second-order valence-corrected chi connectivity index (χ2v) is 10.7. The zero-order chi connectivity index (χ0) is 27.3. The highest BCUT2D eigenvalue weighted by molar-refractivity contribution is 6.46. The summed E-state index contributed by atoms with van der Waals surface area (Å²) in [5.74, 6) is -0.629. The lowest BCUT2D eigenvalue weighted by Crippen LogP contribution is -2.38. The first kappa shape index (κ1) is 28.5. The fourth-order valence-corrected chi connectivity index (χ4v) is 4.74. The van der Waals surface area contributed by atoms with Crippen molar-refractivity contribution in [1.82, 2.24) is 9.80 Å². The number of aliphatic hydroxyl groups is 1. The van der Waals surface area contributed by atoms with Crippen molar-refractivity contribution in [2.45, 2.75) is 66.3 Å². The van der Waals surface area contributed by atoms with Crippen molar-refractivity contribution in [3.8, 4) is 5.75 Å². The third-order valence-corrected chi connectivity index (χ3v) is 7.09. The molecular formula is C31H42N2O4. The summed E-state index contributed by atoms with van der Waals surface area (Å²) in [6.45, 7) is 17.9. The average molecular weight is 507 g/mol. The van der Waals surface area contributed by atoms with E-state index in [1.807, 2.05) is 50.2 Å². The number of Topliss-reactive ketones (excluding diaryl/α,β-unsaturated/α-hetero) is 1. The Kier molecular flexibility index (Phi) is 9.19. The number of likely N-dealkylation sites (tertiary alicyclic amines) is 1. The van der Waals surface area contributed by atoms with Gasteiger partial charge < -0.3 is 19.6 Å². The minimum absolute atomic E-state index is 0.0256. The van der Waals surface area contributed by atoms with E-state index in [2.05, 4.69) is 39.5 Å². The number of ketones is 1. The Balaban J connectivity index is 2.09. The van der Waals surface area contributed by atoms with Gasteiger partial charge in [0, 0.05) is 18.7 Å². The number of nitrogens with zero attached hydrogens (tertiary/aromatic N) is 2. The normalized spacial score (nSPS) is 17.6. The van der Waals surface area contributed by atoms with E-state index in [1.165, 1.54) is 0 Å². The molecule has 3 rings (SSSR count). The summed E-state index contributed by atoms with van der Waals surface area (Å²) in [5.41, 5.74) is 3.44. The number of carbonyl (C=O) groups is 2. The molecular weight excluding hydrogens is 464 g/mol. The second kappa shape index (κ2) is 12.0. The van der Waals surface area contributed by atoms with Crippen LogP contribution in [0.2, 0.25) is 0 Å². The molecule has 1 N–H and O–H groups in total. The Morgan fingerprint density at radius 1 is 1.03 bits per heavy atom. The van der Waals surface area contributed by atoms with Gasteiger partial charge in [-0.2, -0.15) is 0 Å². The zero-order valence-corrected chi connectivity index (χ0v) is 23.4. The molecule has 6 nitrogen and oxygen atoms in total. The van der Waals surface area contributed by atoms with Crippen LogP contribution in [0.25, 0.3) is 5.76 Å². The highest BCUT2D eigenvalue weighted by Gasteiger charge is 2.46. The van der Waals surface area contributed by atoms with Crippen molar-refractivity contribution in [3.05, 3.63) is 70.3 Å². The third-order valence-electron chi connectivity index (χ3n) is 7.09. The lowest BCUT2D eigenvalue weighted by Gasteiger charge is -2.28. The van der Waals surface area contributed by atoms with E-state index in [4.69, 9.17) is 4.74 Å². The van der Waals surface area contributed by atoms with Crippen molar-refractivity contribution in [3.63, 3.8) is 0 Å². The molecule has 0 saturated carbocycles. The summed E-state index contributed by atoms with van der Waals surface area (Å²) in [5, 5.41) is 11.4. The smallest absolute Gasteiger partial charge is 0.295 e. The van der Waals surface area contributed by atoms with Gasteiger partial charge in [-0.25, -0.2) is 0 Å². The number of rotatable bonds is 10. The summed E-state index contributed by atoms with van der Waals surface area (Å²) in [4.78, 5) is 30.5. The Hall–Kier alpha value is -3.12. The number of ether oxygens (including phenoxy) is 1. The van der Waals surface area contributed by atoms with Gasteiger partial charge >= 0.3 is 0 Å². The van der Waals surface area contributed by atoms with Crippen molar-refractivity contribution < 1.29 is 19.4 Å². The van der Waals surface area contributed by atoms with E-state index in [1.54, 1.807) is 11.0 Å². The van der Waals surface area contributed by atoms with Gasteiger partial charge in [0.05, 0.1) is 18.2 Å². The minimum atomic E-state index is -0.652. The molecule has 1 aliphatic heterocycles. The van der Waals surface area contributed by atoms with Crippen LogP contribution in [0.15, 0.2) is 48.0 Å². The number of amides is 1. The van der Waals surface area contributed by atoms with Gasteiger partial charge in [-0.1, -0.05) is 65.8 Å². The van der Waals surface area contributed by atoms with Gasteiger partial charge in [0.25, 0.3) is 11.7 Å². The first-order valence-corrected chi connectivity index (χ1v) is 13.4. The molecule has 1 amide bonds. The summed E-state index contributed by atoms with van der Waals surface area (Å²) in [6.07, 6.45) is 0.895. The highest BCUT2D eigenvalue weighted by Crippen LogP contribution is 2.40. The quantitative estimate of drug-likeness (QED) is 0.249. The molecule has 200 valence electrons. The largest absolute Gasteiger partial charge is 0.507 e. The van der Waals surface area contributed by atoms with Crippen LogP contribution in [0.4, 0.5) is 0 Å². The van der Waals surface area contributed by atoms with E-state index >= 15 is 0 Å². The van der Waals surface area contributed by atoms with Crippen molar-refractivity contribution in [1.29, 1.82) is 0 Å². The highest BCUT2D eigenvalue weighted by atomic mass is 16.5. The van der Waals surface area contributed by atoms with Crippen molar-refractivity contribution in [2.75, 3.05) is 32.8 Å². The summed E-state index contributed by atoms with van der Waals surface area (Å²) in [6, 6.07) is 12.8. The monoisotopic (exact) mass is 506 g/mol. The fourth-order valence-electron chi connectivity index (χ4n) is 4.74. The lowest BCUT2D eigenvalue weighted by molar-refractivity contribution is -0.140. The first-order valence-electron chi connectivity index (χ1n) is 13.4. The molecule has 0 unspecified atom stereocenters. The average Bonchev–Trinajstić information content (AvgIpc) is 3.12. The maximum atomic E-state index is 13.4. The number of benzene rings is 2. The molecule has 1 atom stereocenters. The Morgan fingerprint density at radius 2 is 1.68 bits per heavy atom. The van der Waals surface area contributed by atoms with Crippen molar-refractivity contribution in [2.24, 2.45) is 0 Å². The Bertz CT molecular complexity index is 1140. The Labute approximate surface area is 221 Å². The number of likely N-dealkylation sites (N-methyl/N-ethyl adjacent to an activating group) is 1. The van der Waals surface area contributed by atoms with Crippen LogP contribution in [0.1, 0.15) is 76.3 Å². The molecule has 1 saturated heterocycles.